The SMILES string of the molecule is CN=C1SC(C(=O)Nc2ccc(F)cc2)CC(=O)N1C. The first-order chi connectivity index (χ1) is 9.51. The highest BCUT2D eigenvalue weighted by atomic mass is 32.2. The first kappa shape index (κ1) is 14.5. The molecule has 0 radical (unpaired) electrons. The highest BCUT2D eigenvalue weighted by Gasteiger charge is 2.33. The van der Waals surface area contributed by atoms with Gasteiger partial charge in [-0.15, -0.1) is 0 Å². The van der Waals surface area contributed by atoms with Crippen molar-refractivity contribution in [3.8, 4) is 0 Å². The van der Waals surface area contributed by atoms with Gasteiger partial charge in [0.2, 0.25) is 11.8 Å². The second-order valence-electron chi connectivity index (χ2n) is 4.27. The van der Waals surface area contributed by atoms with Crippen LogP contribution in [0.2, 0.25) is 0 Å². The van der Waals surface area contributed by atoms with Crippen molar-refractivity contribution in [1.82, 2.24) is 4.90 Å². The van der Waals surface area contributed by atoms with E-state index in [0.29, 0.717) is 10.9 Å². The maximum atomic E-state index is 12.8. The third-order valence-electron chi connectivity index (χ3n) is 2.86. The van der Waals surface area contributed by atoms with Gasteiger partial charge >= 0.3 is 0 Å². The predicted octanol–water partition coefficient (Wildman–Crippen LogP) is 1.71. The van der Waals surface area contributed by atoms with Crippen molar-refractivity contribution in [3.63, 3.8) is 0 Å². The molecule has 1 N–H and O–H groups in total. The van der Waals surface area contributed by atoms with Gasteiger partial charge < -0.3 is 5.32 Å². The van der Waals surface area contributed by atoms with Gasteiger partial charge in [-0.25, -0.2) is 4.39 Å². The lowest BCUT2D eigenvalue weighted by molar-refractivity contribution is -0.128. The first-order valence-corrected chi connectivity index (χ1v) is 6.85. The maximum Gasteiger partial charge on any atom is 0.238 e. The largest absolute Gasteiger partial charge is 0.325 e. The van der Waals surface area contributed by atoms with Crippen molar-refractivity contribution in [2.24, 2.45) is 4.99 Å². The van der Waals surface area contributed by atoms with Gasteiger partial charge in [0, 0.05) is 26.2 Å². The summed E-state index contributed by atoms with van der Waals surface area (Å²) in [6.45, 7) is 0. The molecule has 2 amide bonds. The lowest BCUT2D eigenvalue weighted by atomic mass is 10.2. The Kier molecular flexibility index (Phi) is 4.39. The standard InChI is InChI=1S/C13H14FN3O2S/c1-15-13-17(2)11(18)7-10(20-13)12(19)16-9-5-3-8(14)4-6-9/h3-6,10H,7H2,1-2H3,(H,16,19). The number of carbonyl (C=O) groups excluding carboxylic acids is 2. The molecule has 20 heavy (non-hydrogen) atoms. The minimum atomic E-state index is -0.526. The van der Waals surface area contributed by atoms with Crippen LogP contribution >= 0.6 is 11.8 Å². The second-order valence-corrected chi connectivity index (χ2v) is 5.44. The molecule has 1 aromatic rings. The number of amides is 2. The number of anilines is 1. The van der Waals surface area contributed by atoms with E-state index < -0.39 is 5.25 Å². The fourth-order valence-corrected chi connectivity index (χ4v) is 2.77. The van der Waals surface area contributed by atoms with E-state index in [9.17, 15) is 14.0 Å². The minimum absolute atomic E-state index is 0.118. The zero-order valence-corrected chi connectivity index (χ0v) is 11.9. The lowest BCUT2D eigenvalue weighted by Gasteiger charge is -2.28. The van der Waals surface area contributed by atoms with Gasteiger partial charge in [0.25, 0.3) is 0 Å². The van der Waals surface area contributed by atoms with E-state index >= 15 is 0 Å². The van der Waals surface area contributed by atoms with Crippen molar-refractivity contribution in [1.29, 1.82) is 0 Å². The molecule has 0 aromatic heterocycles. The maximum absolute atomic E-state index is 12.8. The van der Waals surface area contributed by atoms with E-state index in [4.69, 9.17) is 0 Å². The third kappa shape index (κ3) is 3.16. The summed E-state index contributed by atoms with van der Waals surface area (Å²) in [6.07, 6.45) is 0.118. The number of amidine groups is 1. The molecule has 1 aliphatic rings. The Balaban J connectivity index is 2.06. The van der Waals surface area contributed by atoms with Crippen LogP contribution in [-0.2, 0) is 9.59 Å². The molecular formula is C13H14FN3O2S. The molecule has 1 saturated heterocycles. The Hall–Kier alpha value is -1.89. The number of hydrogen-bond donors (Lipinski definition) is 1. The molecule has 0 saturated carbocycles. The zero-order valence-electron chi connectivity index (χ0n) is 11.1. The van der Waals surface area contributed by atoms with Crippen LogP contribution in [0.5, 0.6) is 0 Å². The van der Waals surface area contributed by atoms with Gasteiger partial charge in [0.05, 0.1) is 0 Å². The van der Waals surface area contributed by atoms with Gasteiger partial charge in [-0.05, 0) is 24.3 Å². The van der Waals surface area contributed by atoms with Crippen molar-refractivity contribution in [3.05, 3.63) is 30.1 Å². The summed E-state index contributed by atoms with van der Waals surface area (Å²) < 4.78 is 12.8. The van der Waals surface area contributed by atoms with Gasteiger partial charge in [-0.3, -0.25) is 19.5 Å². The van der Waals surface area contributed by atoms with E-state index in [0.717, 1.165) is 0 Å². The van der Waals surface area contributed by atoms with Crippen LogP contribution in [0.25, 0.3) is 0 Å². The molecule has 2 rings (SSSR count). The fourth-order valence-electron chi connectivity index (χ4n) is 1.76. The summed E-state index contributed by atoms with van der Waals surface area (Å²) in [5, 5.41) is 2.66. The first-order valence-electron chi connectivity index (χ1n) is 5.97. The molecule has 5 nitrogen and oxygen atoms in total. The molecule has 106 valence electrons. The summed E-state index contributed by atoms with van der Waals surface area (Å²) in [7, 11) is 3.21. The monoisotopic (exact) mass is 295 g/mol. The highest BCUT2D eigenvalue weighted by molar-refractivity contribution is 8.15. The van der Waals surface area contributed by atoms with Crippen LogP contribution < -0.4 is 5.32 Å². The van der Waals surface area contributed by atoms with Crippen LogP contribution in [0.1, 0.15) is 6.42 Å². The number of aliphatic imine (C=N–C) groups is 1. The third-order valence-corrected chi connectivity index (χ3v) is 4.20. The Morgan fingerprint density at radius 2 is 2.10 bits per heavy atom. The van der Waals surface area contributed by atoms with Gasteiger partial charge in [-0.1, -0.05) is 11.8 Å². The van der Waals surface area contributed by atoms with Crippen LogP contribution in [0.4, 0.5) is 10.1 Å². The van der Waals surface area contributed by atoms with Crippen LogP contribution in [0.3, 0.4) is 0 Å². The molecule has 0 bridgehead atoms. The van der Waals surface area contributed by atoms with E-state index in [1.807, 2.05) is 0 Å². The molecule has 1 unspecified atom stereocenters. The smallest absolute Gasteiger partial charge is 0.238 e. The van der Waals surface area contributed by atoms with E-state index in [-0.39, 0.29) is 24.1 Å². The molecule has 1 aromatic carbocycles. The quantitative estimate of drug-likeness (QED) is 0.903. The number of nitrogens with one attached hydrogen (secondary N) is 1. The Morgan fingerprint density at radius 3 is 2.70 bits per heavy atom. The second kappa shape index (κ2) is 6.04. The number of hydrogen-bond acceptors (Lipinski definition) is 4. The van der Waals surface area contributed by atoms with Crippen LogP contribution in [-0.4, -0.2) is 41.2 Å². The number of benzene rings is 1. The molecule has 1 aliphatic heterocycles. The summed E-state index contributed by atoms with van der Waals surface area (Å²) in [4.78, 5) is 29.3. The highest BCUT2D eigenvalue weighted by Crippen LogP contribution is 2.26. The van der Waals surface area contributed by atoms with Gasteiger partial charge in [0.15, 0.2) is 5.17 Å². The van der Waals surface area contributed by atoms with E-state index in [1.165, 1.54) is 40.9 Å². The van der Waals surface area contributed by atoms with Crippen molar-refractivity contribution in [2.75, 3.05) is 19.4 Å². The molecule has 0 spiro atoms. The fraction of sp³-hybridized carbons (Fsp3) is 0.308. The normalized spacial score (nSPS) is 21.1. The number of thioether (sulfide) groups is 1. The number of halogens is 1. The summed E-state index contributed by atoms with van der Waals surface area (Å²) in [6, 6.07) is 5.48. The summed E-state index contributed by atoms with van der Waals surface area (Å²) in [5.74, 6) is -0.806. The summed E-state index contributed by atoms with van der Waals surface area (Å²) >= 11 is 1.24. The Morgan fingerprint density at radius 1 is 1.45 bits per heavy atom. The molecule has 1 fully saturated rings. The van der Waals surface area contributed by atoms with Crippen LogP contribution in [0.15, 0.2) is 29.3 Å². The number of carbonyl (C=O) groups is 2. The molecule has 1 atom stereocenters. The average Bonchev–Trinajstić information content (AvgIpc) is 2.44. The summed E-state index contributed by atoms with van der Waals surface area (Å²) in [5.41, 5.74) is 0.498. The molecular weight excluding hydrogens is 281 g/mol. The topological polar surface area (TPSA) is 61.8 Å². The molecule has 7 heteroatoms. The van der Waals surface area contributed by atoms with Crippen molar-refractivity contribution < 1.29 is 14.0 Å². The zero-order chi connectivity index (χ0) is 14.7. The number of rotatable bonds is 2. The van der Waals surface area contributed by atoms with Crippen molar-refractivity contribution >= 4 is 34.4 Å². The molecule has 0 aliphatic carbocycles. The Labute approximate surface area is 120 Å². The predicted molar refractivity (Wildman–Crippen MR) is 77.2 cm³/mol. The van der Waals surface area contributed by atoms with E-state index in [2.05, 4.69) is 10.3 Å². The lowest BCUT2D eigenvalue weighted by Crippen LogP contribution is -2.43. The van der Waals surface area contributed by atoms with Crippen LogP contribution in [0, 0.1) is 5.82 Å². The van der Waals surface area contributed by atoms with Crippen molar-refractivity contribution in [2.45, 2.75) is 11.7 Å². The van der Waals surface area contributed by atoms with Gasteiger partial charge in [-0.2, -0.15) is 0 Å². The minimum Gasteiger partial charge on any atom is -0.325 e. The average molecular weight is 295 g/mol. The van der Waals surface area contributed by atoms with E-state index in [1.54, 1.807) is 14.1 Å². The molecule has 1 heterocycles. The number of nitrogens with zero attached hydrogens (tertiary/aromatic N) is 2. The Bertz CT molecular complexity index is 559. The van der Waals surface area contributed by atoms with Gasteiger partial charge in [0.1, 0.15) is 11.1 Å².